The summed E-state index contributed by atoms with van der Waals surface area (Å²) in [6.45, 7) is 11.6. The number of nitrogens with one attached hydrogen (secondary N) is 1. The molecule has 0 bridgehead atoms. The molecule has 0 aromatic carbocycles. The molecule has 0 aromatic heterocycles. The van der Waals surface area contributed by atoms with E-state index >= 15 is 0 Å². The van der Waals surface area contributed by atoms with Gasteiger partial charge in [-0.1, -0.05) is 13.8 Å². The predicted molar refractivity (Wildman–Crippen MR) is 62.8 cm³/mol. The first-order chi connectivity index (χ1) is 6.87. The Morgan fingerprint density at radius 1 is 1.40 bits per heavy atom. The van der Waals surface area contributed by atoms with Crippen LogP contribution in [0.2, 0.25) is 0 Å². The Labute approximate surface area is 93.6 Å². The lowest BCUT2D eigenvalue weighted by atomic mass is 10.0. The van der Waals surface area contributed by atoms with Crippen LogP contribution >= 0.6 is 0 Å². The molecule has 15 heavy (non-hydrogen) atoms. The summed E-state index contributed by atoms with van der Waals surface area (Å²) in [6.07, 6.45) is 1.47. The van der Waals surface area contributed by atoms with Crippen molar-refractivity contribution in [2.45, 2.75) is 53.1 Å². The lowest BCUT2D eigenvalue weighted by molar-refractivity contribution is -0.127. The molecule has 0 rings (SSSR count). The second-order valence-corrected chi connectivity index (χ2v) is 4.92. The monoisotopic (exact) mass is 215 g/mol. The van der Waals surface area contributed by atoms with Gasteiger partial charge >= 0.3 is 0 Å². The first-order valence-corrected chi connectivity index (χ1v) is 5.78. The summed E-state index contributed by atoms with van der Waals surface area (Å²) >= 11 is 0. The van der Waals surface area contributed by atoms with Crippen LogP contribution in [0.25, 0.3) is 0 Å². The molecule has 0 saturated heterocycles. The van der Waals surface area contributed by atoms with Crippen molar-refractivity contribution in [3.8, 4) is 0 Å². The summed E-state index contributed by atoms with van der Waals surface area (Å²) in [5.74, 6) is 0.706. The third kappa shape index (κ3) is 8.43. The maximum absolute atomic E-state index is 11.4. The standard InChI is InChI=1S/C12H25NO2/c1-6-13-11(14)9-12(4,5)15-8-7-10(2)3/h10H,6-9H2,1-5H3,(H,13,14). The van der Waals surface area contributed by atoms with Crippen LogP contribution in [0.3, 0.4) is 0 Å². The molecule has 0 atom stereocenters. The van der Waals surface area contributed by atoms with Crippen molar-refractivity contribution < 1.29 is 9.53 Å². The molecule has 0 unspecified atom stereocenters. The number of rotatable bonds is 7. The molecule has 0 aliphatic rings. The van der Waals surface area contributed by atoms with Gasteiger partial charge in [-0.3, -0.25) is 4.79 Å². The molecule has 1 amide bonds. The molecule has 0 saturated carbocycles. The van der Waals surface area contributed by atoms with Gasteiger partial charge in [0, 0.05) is 13.2 Å². The SMILES string of the molecule is CCNC(=O)CC(C)(C)OCCC(C)C. The van der Waals surface area contributed by atoms with Gasteiger partial charge in [-0.05, 0) is 33.1 Å². The molecule has 0 fully saturated rings. The zero-order valence-corrected chi connectivity index (χ0v) is 10.7. The quantitative estimate of drug-likeness (QED) is 0.708. The number of carbonyl (C=O) groups excluding carboxylic acids is 1. The molecule has 90 valence electrons. The number of amides is 1. The largest absolute Gasteiger partial charge is 0.375 e. The Bertz CT molecular complexity index is 188. The Kier molecular flexibility index (Phi) is 6.57. The Morgan fingerprint density at radius 3 is 2.47 bits per heavy atom. The number of ether oxygens (including phenoxy) is 1. The molecule has 3 heteroatoms. The van der Waals surface area contributed by atoms with E-state index < -0.39 is 0 Å². The fourth-order valence-corrected chi connectivity index (χ4v) is 1.27. The van der Waals surface area contributed by atoms with Gasteiger partial charge in [0.2, 0.25) is 5.91 Å². The molecular formula is C12H25NO2. The Morgan fingerprint density at radius 2 is 2.00 bits per heavy atom. The topological polar surface area (TPSA) is 38.3 Å². The van der Waals surface area contributed by atoms with Crippen LogP contribution in [-0.4, -0.2) is 24.7 Å². The normalized spacial score (nSPS) is 11.9. The van der Waals surface area contributed by atoms with Crippen molar-refractivity contribution in [3.63, 3.8) is 0 Å². The number of carbonyl (C=O) groups is 1. The van der Waals surface area contributed by atoms with Gasteiger partial charge in [0.15, 0.2) is 0 Å². The van der Waals surface area contributed by atoms with Crippen LogP contribution < -0.4 is 5.32 Å². The van der Waals surface area contributed by atoms with Gasteiger partial charge < -0.3 is 10.1 Å². The Hall–Kier alpha value is -0.570. The highest BCUT2D eigenvalue weighted by Crippen LogP contribution is 2.15. The molecule has 0 heterocycles. The lowest BCUT2D eigenvalue weighted by Crippen LogP contribution is -2.34. The minimum absolute atomic E-state index is 0.0621. The average Bonchev–Trinajstić information content (AvgIpc) is 2.01. The second kappa shape index (κ2) is 6.83. The van der Waals surface area contributed by atoms with E-state index in [9.17, 15) is 4.79 Å². The molecule has 1 N–H and O–H groups in total. The van der Waals surface area contributed by atoms with Gasteiger partial charge in [-0.25, -0.2) is 0 Å². The summed E-state index contributed by atoms with van der Waals surface area (Å²) in [7, 11) is 0. The molecule has 0 aliphatic heterocycles. The summed E-state index contributed by atoms with van der Waals surface area (Å²) in [4.78, 5) is 11.4. The van der Waals surface area contributed by atoms with Crippen LogP contribution in [0.15, 0.2) is 0 Å². The van der Waals surface area contributed by atoms with E-state index in [1.165, 1.54) is 0 Å². The van der Waals surface area contributed by atoms with Gasteiger partial charge in [0.05, 0.1) is 12.0 Å². The van der Waals surface area contributed by atoms with Crippen LogP contribution in [-0.2, 0) is 9.53 Å². The maximum Gasteiger partial charge on any atom is 0.222 e. The first-order valence-electron chi connectivity index (χ1n) is 5.78. The molecule has 0 radical (unpaired) electrons. The van der Waals surface area contributed by atoms with Crippen molar-refractivity contribution in [1.29, 1.82) is 0 Å². The smallest absolute Gasteiger partial charge is 0.222 e. The van der Waals surface area contributed by atoms with E-state index in [4.69, 9.17) is 4.74 Å². The van der Waals surface area contributed by atoms with E-state index in [-0.39, 0.29) is 11.5 Å². The van der Waals surface area contributed by atoms with E-state index in [1.807, 2.05) is 20.8 Å². The highest BCUT2D eigenvalue weighted by molar-refractivity contribution is 5.76. The van der Waals surface area contributed by atoms with Crippen LogP contribution in [0.5, 0.6) is 0 Å². The molecule has 0 aromatic rings. The van der Waals surface area contributed by atoms with Gasteiger partial charge in [-0.15, -0.1) is 0 Å². The van der Waals surface area contributed by atoms with Crippen LogP contribution in [0, 0.1) is 5.92 Å². The highest BCUT2D eigenvalue weighted by atomic mass is 16.5. The van der Waals surface area contributed by atoms with Crippen molar-refractivity contribution in [2.75, 3.05) is 13.2 Å². The van der Waals surface area contributed by atoms with Crippen molar-refractivity contribution in [1.82, 2.24) is 5.32 Å². The van der Waals surface area contributed by atoms with Crippen molar-refractivity contribution >= 4 is 5.91 Å². The van der Waals surface area contributed by atoms with Crippen molar-refractivity contribution in [3.05, 3.63) is 0 Å². The Balaban J connectivity index is 3.80. The predicted octanol–water partition coefficient (Wildman–Crippen LogP) is 2.35. The molecule has 3 nitrogen and oxygen atoms in total. The fourth-order valence-electron chi connectivity index (χ4n) is 1.27. The maximum atomic E-state index is 11.4. The minimum Gasteiger partial charge on any atom is -0.375 e. The van der Waals surface area contributed by atoms with Crippen LogP contribution in [0.1, 0.15) is 47.5 Å². The second-order valence-electron chi connectivity index (χ2n) is 4.92. The third-order valence-corrected chi connectivity index (χ3v) is 2.15. The molecular weight excluding hydrogens is 190 g/mol. The summed E-state index contributed by atoms with van der Waals surface area (Å²) in [6, 6.07) is 0. The van der Waals surface area contributed by atoms with Crippen molar-refractivity contribution in [2.24, 2.45) is 5.92 Å². The van der Waals surface area contributed by atoms with E-state index in [1.54, 1.807) is 0 Å². The minimum atomic E-state index is -0.353. The number of hydrogen-bond donors (Lipinski definition) is 1. The fraction of sp³-hybridized carbons (Fsp3) is 0.917. The zero-order chi connectivity index (χ0) is 11.9. The van der Waals surface area contributed by atoms with Gasteiger partial charge in [0.1, 0.15) is 0 Å². The molecule has 0 aliphatic carbocycles. The summed E-state index contributed by atoms with van der Waals surface area (Å²) in [5, 5.41) is 2.78. The summed E-state index contributed by atoms with van der Waals surface area (Å²) in [5.41, 5.74) is -0.353. The highest BCUT2D eigenvalue weighted by Gasteiger charge is 2.22. The van der Waals surface area contributed by atoms with Gasteiger partial charge in [0.25, 0.3) is 0 Å². The third-order valence-electron chi connectivity index (χ3n) is 2.15. The van der Waals surface area contributed by atoms with Crippen LogP contribution in [0.4, 0.5) is 0 Å². The van der Waals surface area contributed by atoms with E-state index in [0.29, 0.717) is 18.9 Å². The first kappa shape index (κ1) is 14.4. The number of hydrogen-bond acceptors (Lipinski definition) is 2. The lowest BCUT2D eigenvalue weighted by Gasteiger charge is -2.25. The van der Waals surface area contributed by atoms with Gasteiger partial charge in [-0.2, -0.15) is 0 Å². The molecule has 0 spiro atoms. The zero-order valence-electron chi connectivity index (χ0n) is 10.7. The van der Waals surface area contributed by atoms with E-state index in [2.05, 4.69) is 19.2 Å². The van der Waals surface area contributed by atoms with E-state index in [0.717, 1.165) is 13.0 Å². The summed E-state index contributed by atoms with van der Waals surface area (Å²) < 4.78 is 5.70. The average molecular weight is 215 g/mol.